The third-order valence-electron chi connectivity index (χ3n) is 10.6. The predicted octanol–water partition coefficient (Wildman–Crippen LogP) is 6.94. The van der Waals surface area contributed by atoms with E-state index in [2.05, 4.69) is 20.0 Å². The number of anilines is 1. The molecule has 1 N–H and O–H groups in total. The zero-order chi connectivity index (χ0) is 29.6. The number of ether oxygens (including phenoxy) is 2. The van der Waals surface area contributed by atoms with E-state index in [0.717, 1.165) is 86.6 Å². The minimum Gasteiger partial charge on any atom is -0.476 e. The van der Waals surface area contributed by atoms with Crippen LogP contribution in [-0.4, -0.2) is 75.7 Å². The maximum absolute atomic E-state index is 17.1. The van der Waals surface area contributed by atoms with E-state index in [-0.39, 0.29) is 28.7 Å². The fraction of sp³-hybridized carbons (Fsp3) is 0.545. The first-order chi connectivity index (χ1) is 21.5. The smallest absolute Gasteiger partial charge is 0.225 e. The van der Waals surface area contributed by atoms with Gasteiger partial charge in [0.15, 0.2) is 5.82 Å². The quantitative estimate of drug-likeness (QED) is 0.259. The first-order valence-corrected chi connectivity index (χ1v) is 16.5. The number of hydrogen-bond acceptors (Lipinski definition) is 7. The fourth-order valence-corrected chi connectivity index (χ4v) is 8.73. The Balaban J connectivity index is 1.24. The molecule has 8 nitrogen and oxygen atoms in total. The molecule has 0 amide bonds. The highest BCUT2D eigenvalue weighted by Gasteiger charge is 2.49. The molecule has 1 aromatic carbocycles. The van der Waals surface area contributed by atoms with Crippen molar-refractivity contribution in [1.29, 1.82) is 0 Å². The summed E-state index contributed by atoms with van der Waals surface area (Å²) in [7, 11) is 0. The van der Waals surface area contributed by atoms with Crippen molar-refractivity contribution in [3.8, 4) is 23.0 Å². The van der Waals surface area contributed by atoms with E-state index >= 15 is 4.39 Å². The molecule has 0 spiro atoms. The molecule has 1 saturated carbocycles. The van der Waals surface area contributed by atoms with Crippen LogP contribution in [-0.2, 0) is 0 Å². The van der Waals surface area contributed by atoms with Crippen molar-refractivity contribution in [1.82, 2.24) is 25.1 Å². The highest BCUT2D eigenvalue weighted by Crippen LogP contribution is 2.52. The lowest BCUT2D eigenvalue weighted by Gasteiger charge is -2.32. The molecular weight excluding hydrogens is 586 g/mol. The van der Waals surface area contributed by atoms with Gasteiger partial charge in [0.25, 0.3) is 0 Å². The van der Waals surface area contributed by atoms with Gasteiger partial charge in [-0.05, 0) is 62.6 Å². The summed E-state index contributed by atoms with van der Waals surface area (Å²) < 4.78 is 44.6. The van der Waals surface area contributed by atoms with Gasteiger partial charge in [-0.15, -0.1) is 0 Å². The van der Waals surface area contributed by atoms with E-state index in [4.69, 9.17) is 31.0 Å². The molecule has 5 aliphatic rings. The lowest BCUT2D eigenvalue weighted by atomic mass is 9.95. The fourth-order valence-electron chi connectivity index (χ4n) is 8.37. The molecule has 3 saturated heterocycles. The number of fused-ring (bicyclic) bond motifs is 4. The molecule has 230 valence electrons. The Morgan fingerprint density at radius 1 is 1.11 bits per heavy atom. The molecule has 11 heteroatoms. The van der Waals surface area contributed by atoms with Crippen LogP contribution in [0.2, 0.25) is 5.02 Å². The normalized spacial score (nSPS) is 26.8. The van der Waals surface area contributed by atoms with Crippen molar-refractivity contribution in [2.75, 3.05) is 37.7 Å². The Hall–Kier alpha value is -3.24. The van der Waals surface area contributed by atoms with Gasteiger partial charge in [0.2, 0.25) is 11.8 Å². The van der Waals surface area contributed by atoms with Crippen LogP contribution in [0.3, 0.4) is 0 Å². The lowest BCUT2D eigenvalue weighted by Crippen LogP contribution is -2.43. The third kappa shape index (κ3) is 4.20. The molecule has 4 fully saturated rings. The van der Waals surface area contributed by atoms with Crippen molar-refractivity contribution >= 4 is 39.1 Å². The van der Waals surface area contributed by atoms with Crippen molar-refractivity contribution in [2.24, 2.45) is 0 Å². The Kier molecular flexibility index (Phi) is 6.24. The molecule has 4 aromatic rings. The molecule has 0 radical (unpaired) electrons. The minimum atomic E-state index is -0.852. The van der Waals surface area contributed by atoms with Crippen molar-refractivity contribution in [2.45, 2.75) is 81.5 Å². The van der Waals surface area contributed by atoms with Crippen molar-refractivity contribution < 1.29 is 18.3 Å². The summed E-state index contributed by atoms with van der Waals surface area (Å²) in [5.74, 6) is 0.451. The third-order valence-corrected chi connectivity index (χ3v) is 10.9. The number of H-pyrrole nitrogens is 1. The number of alkyl halides is 1. The van der Waals surface area contributed by atoms with Crippen LogP contribution >= 0.6 is 11.6 Å². The summed E-state index contributed by atoms with van der Waals surface area (Å²) in [5, 5.41) is 9.17. The predicted molar refractivity (Wildman–Crippen MR) is 165 cm³/mol. The summed E-state index contributed by atoms with van der Waals surface area (Å²) in [6.45, 7) is 2.95. The van der Waals surface area contributed by atoms with E-state index in [1.165, 1.54) is 0 Å². The van der Waals surface area contributed by atoms with Gasteiger partial charge in [0.1, 0.15) is 30.6 Å². The Morgan fingerprint density at radius 3 is 2.91 bits per heavy atom. The highest BCUT2D eigenvalue weighted by molar-refractivity contribution is 6.33. The van der Waals surface area contributed by atoms with E-state index in [9.17, 15) is 4.39 Å². The van der Waals surface area contributed by atoms with Gasteiger partial charge >= 0.3 is 0 Å². The zero-order valence-corrected chi connectivity index (χ0v) is 25.3. The summed E-state index contributed by atoms with van der Waals surface area (Å²) in [5.41, 5.74) is 3.14. The van der Waals surface area contributed by atoms with Crippen LogP contribution in [0.15, 0.2) is 18.3 Å². The molecule has 9 rings (SSSR count). The molecule has 3 atom stereocenters. The summed E-state index contributed by atoms with van der Waals surface area (Å²) in [6, 6.07) is 3.93. The maximum Gasteiger partial charge on any atom is 0.225 e. The molecule has 44 heavy (non-hydrogen) atoms. The summed E-state index contributed by atoms with van der Waals surface area (Å²) >= 11 is 6.84. The number of pyridine rings is 2. The monoisotopic (exact) mass is 620 g/mol. The molecule has 4 aliphatic heterocycles. The van der Waals surface area contributed by atoms with Gasteiger partial charge in [-0.3, -0.25) is 10.00 Å². The van der Waals surface area contributed by atoms with Crippen LogP contribution in [0.1, 0.15) is 69.3 Å². The number of halogens is 3. The maximum atomic E-state index is 17.1. The van der Waals surface area contributed by atoms with E-state index in [1.807, 2.05) is 12.1 Å². The molecule has 3 aromatic heterocycles. The average Bonchev–Trinajstić information content (AvgIpc) is 3.62. The topological polar surface area (TPSA) is 79.4 Å². The number of hydrogen-bond donors (Lipinski definition) is 1. The standard InChI is InChI=1S/C33H35ClF2N6O2/c34-22-11-23-21(14-37-40-23)27(26(22)18-6-7-18)30-29(36)31-28-24(42-10-3-1-2-5-20(42)16-43-32(28)39-30)12-25(38-31)44-17-33-8-4-9-41(33)15-19(35)13-33/h11-12,14,18-20H,1-10,13,15-17H2,(H,37,40)/t19-,20?,33+/m1/s1. The van der Waals surface area contributed by atoms with Gasteiger partial charge in [-0.2, -0.15) is 5.10 Å². The number of nitrogens with zero attached hydrogens (tertiary/aromatic N) is 5. The summed E-state index contributed by atoms with van der Waals surface area (Å²) in [6.07, 6.45) is 9.50. The number of aromatic amines is 1. The number of nitrogens with one attached hydrogen (secondary N) is 1. The van der Waals surface area contributed by atoms with Crippen LogP contribution in [0, 0.1) is 5.82 Å². The molecular formula is C33H35ClF2N6O2. The van der Waals surface area contributed by atoms with Crippen LogP contribution in [0.4, 0.5) is 14.5 Å². The Morgan fingerprint density at radius 2 is 2.02 bits per heavy atom. The Bertz CT molecular complexity index is 1800. The Labute approximate surface area is 259 Å². The van der Waals surface area contributed by atoms with Crippen LogP contribution < -0.4 is 14.4 Å². The first kappa shape index (κ1) is 27.1. The van der Waals surface area contributed by atoms with Crippen molar-refractivity contribution in [3.05, 3.63) is 34.7 Å². The number of aromatic nitrogens is 4. The summed E-state index contributed by atoms with van der Waals surface area (Å²) in [4.78, 5) is 14.3. The number of rotatable bonds is 5. The van der Waals surface area contributed by atoms with E-state index in [0.29, 0.717) is 53.9 Å². The molecule has 7 heterocycles. The first-order valence-electron chi connectivity index (χ1n) is 16.1. The van der Waals surface area contributed by atoms with Crippen LogP contribution in [0.5, 0.6) is 11.8 Å². The van der Waals surface area contributed by atoms with E-state index in [1.54, 1.807) is 6.20 Å². The second-order valence-corrected chi connectivity index (χ2v) is 13.8. The largest absolute Gasteiger partial charge is 0.476 e. The van der Waals surface area contributed by atoms with Crippen molar-refractivity contribution in [3.63, 3.8) is 0 Å². The molecule has 1 unspecified atom stereocenters. The lowest BCUT2D eigenvalue weighted by molar-refractivity contribution is 0.111. The van der Waals surface area contributed by atoms with Gasteiger partial charge < -0.3 is 14.4 Å². The van der Waals surface area contributed by atoms with Crippen LogP contribution in [0.25, 0.3) is 33.1 Å². The zero-order valence-electron chi connectivity index (χ0n) is 24.6. The van der Waals surface area contributed by atoms with Gasteiger partial charge in [-0.25, -0.2) is 18.7 Å². The minimum absolute atomic E-state index is 0.136. The second-order valence-electron chi connectivity index (χ2n) is 13.4. The molecule has 1 aliphatic carbocycles. The highest BCUT2D eigenvalue weighted by atomic mass is 35.5. The molecule has 0 bridgehead atoms. The SMILES string of the molecule is Fc1c(-c2c(C3CC3)c(Cl)cc3[nH]ncc23)nc2c3c(cc(OC[C@@]45CCCN4C[C@H](F)C5)nc13)N1CCCCCC1CO2. The average molecular weight is 621 g/mol. The van der Waals surface area contributed by atoms with E-state index < -0.39 is 12.0 Å². The van der Waals surface area contributed by atoms with Gasteiger partial charge in [-0.1, -0.05) is 24.4 Å². The van der Waals surface area contributed by atoms with Gasteiger partial charge in [0.05, 0.1) is 34.4 Å². The van der Waals surface area contributed by atoms with Gasteiger partial charge in [0, 0.05) is 41.5 Å². The second kappa shape index (κ2) is 10.1. The number of benzene rings is 1.